The van der Waals surface area contributed by atoms with Crippen LogP contribution in [0.5, 0.6) is 0 Å². The van der Waals surface area contributed by atoms with E-state index < -0.39 is 11.4 Å². The van der Waals surface area contributed by atoms with E-state index in [1.54, 1.807) is 38.1 Å². The zero-order valence-electron chi connectivity index (χ0n) is 8.15. The Bertz CT molecular complexity index is 337. The normalized spacial score (nSPS) is 10.4. The summed E-state index contributed by atoms with van der Waals surface area (Å²) in [4.78, 5) is 10.9. The molecule has 0 aliphatic carbocycles. The number of carboxylic acids is 1. The molecule has 0 fully saturated rings. The third-order valence-corrected chi connectivity index (χ3v) is 2.14. The van der Waals surface area contributed by atoms with E-state index in [-0.39, 0.29) is 12.4 Å². The Balaban J connectivity index is 0.00000169. The number of nitrogen functional groups attached to an aromatic ring is 1. The van der Waals surface area contributed by atoms with Gasteiger partial charge in [-0.3, -0.25) is 4.79 Å². The minimum absolute atomic E-state index is 0. The lowest BCUT2D eigenvalue weighted by Gasteiger charge is -2.19. The minimum Gasteiger partial charge on any atom is -0.481 e. The molecule has 0 saturated heterocycles. The fourth-order valence-corrected chi connectivity index (χ4v) is 1.05. The lowest BCUT2D eigenvalue weighted by Crippen LogP contribution is -2.28. The van der Waals surface area contributed by atoms with Crippen molar-refractivity contribution in [2.24, 2.45) is 0 Å². The van der Waals surface area contributed by atoms with Crippen LogP contribution in [0, 0.1) is 0 Å². The van der Waals surface area contributed by atoms with Gasteiger partial charge in [0.2, 0.25) is 0 Å². The van der Waals surface area contributed by atoms with Crippen LogP contribution in [-0.4, -0.2) is 11.1 Å². The number of nitrogens with two attached hydrogens (primary N) is 1. The smallest absolute Gasteiger partial charge is 0.313 e. The fourth-order valence-electron chi connectivity index (χ4n) is 1.05. The predicted molar refractivity (Wildman–Crippen MR) is 58.8 cm³/mol. The number of benzene rings is 1. The first-order chi connectivity index (χ1) is 5.94. The van der Waals surface area contributed by atoms with Gasteiger partial charge in [0.05, 0.1) is 5.41 Å². The van der Waals surface area contributed by atoms with Crippen molar-refractivity contribution in [3.63, 3.8) is 0 Å². The van der Waals surface area contributed by atoms with Gasteiger partial charge < -0.3 is 10.8 Å². The highest BCUT2D eigenvalue weighted by molar-refractivity contribution is 5.85. The predicted octanol–water partition coefficient (Wildman–Crippen LogP) is 2.05. The molecule has 78 valence electrons. The Kier molecular flexibility index (Phi) is 3.95. The molecule has 3 N–H and O–H groups in total. The topological polar surface area (TPSA) is 63.3 Å². The Morgan fingerprint density at radius 1 is 1.43 bits per heavy atom. The zero-order chi connectivity index (χ0) is 10.1. The largest absolute Gasteiger partial charge is 0.481 e. The SMILES string of the molecule is CC(C)(C(=O)O)c1cccc(N)c1.Cl. The van der Waals surface area contributed by atoms with E-state index in [9.17, 15) is 4.79 Å². The Labute approximate surface area is 89.3 Å². The van der Waals surface area contributed by atoms with E-state index in [0.29, 0.717) is 5.69 Å². The highest BCUT2D eigenvalue weighted by Crippen LogP contribution is 2.24. The van der Waals surface area contributed by atoms with Crippen molar-refractivity contribution in [2.75, 3.05) is 5.73 Å². The van der Waals surface area contributed by atoms with Gasteiger partial charge in [0, 0.05) is 5.69 Å². The Hall–Kier alpha value is -1.22. The van der Waals surface area contributed by atoms with Gasteiger partial charge in [0.1, 0.15) is 0 Å². The summed E-state index contributed by atoms with van der Waals surface area (Å²) in [5, 5.41) is 8.94. The fraction of sp³-hybridized carbons (Fsp3) is 0.300. The summed E-state index contributed by atoms with van der Waals surface area (Å²) in [5.74, 6) is -0.849. The molecule has 0 spiro atoms. The van der Waals surface area contributed by atoms with Crippen LogP contribution in [0.1, 0.15) is 19.4 Å². The van der Waals surface area contributed by atoms with Crippen LogP contribution in [0.3, 0.4) is 0 Å². The van der Waals surface area contributed by atoms with Gasteiger partial charge in [-0.15, -0.1) is 12.4 Å². The Morgan fingerprint density at radius 2 is 2.00 bits per heavy atom. The molecule has 0 aromatic heterocycles. The van der Waals surface area contributed by atoms with E-state index >= 15 is 0 Å². The molecule has 0 amide bonds. The molecule has 0 atom stereocenters. The monoisotopic (exact) mass is 215 g/mol. The molecule has 14 heavy (non-hydrogen) atoms. The van der Waals surface area contributed by atoms with Crippen LogP contribution in [0.4, 0.5) is 5.69 Å². The second kappa shape index (κ2) is 4.33. The van der Waals surface area contributed by atoms with Crippen molar-refractivity contribution >= 4 is 24.1 Å². The van der Waals surface area contributed by atoms with Crippen molar-refractivity contribution < 1.29 is 9.90 Å². The number of anilines is 1. The maximum Gasteiger partial charge on any atom is 0.313 e. The highest BCUT2D eigenvalue weighted by Gasteiger charge is 2.29. The first-order valence-electron chi connectivity index (χ1n) is 4.04. The second-order valence-electron chi connectivity index (χ2n) is 3.56. The van der Waals surface area contributed by atoms with E-state index in [1.165, 1.54) is 0 Å². The van der Waals surface area contributed by atoms with Crippen LogP contribution < -0.4 is 5.73 Å². The van der Waals surface area contributed by atoms with Gasteiger partial charge in [-0.05, 0) is 31.5 Å². The second-order valence-corrected chi connectivity index (χ2v) is 3.56. The number of carboxylic acid groups (broad SMARTS) is 1. The summed E-state index contributed by atoms with van der Waals surface area (Å²) < 4.78 is 0. The van der Waals surface area contributed by atoms with Gasteiger partial charge in [-0.1, -0.05) is 12.1 Å². The van der Waals surface area contributed by atoms with Crippen LogP contribution in [0.2, 0.25) is 0 Å². The third kappa shape index (κ3) is 2.39. The van der Waals surface area contributed by atoms with Gasteiger partial charge in [-0.25, -0.2) is 0 Å². The lowest BCUT2D eigenvalue weighted by molar-refractivity contribution is -0.142. The number of hydrogen-bond acceptors (Lipinski definition) is 2. The van der Waals surface area contributed by atoms with E-state index in [2.05, 4.69) is 0 Å². The summed E-state index contributed by atoms with van der Waals surface area (Å²) in [5.41, 5.74) is 5.99. The first kappa shape index (κ1) is 12.8. The van der Waals surface area contributed by atoms with Crippen molar-refractivity contribution in [1.29, 1.82) is 0 Å². The standard InChI is InChI=1S/C10H13NO2.ClH/c1-10(2,9(12)13)7-4-3-5-8(11)6-7;/h3-6H,11H2,1-2H3,(H,12,13);1H. The molecule has 0 heterocycles. The van der Waals surface area contributed by atoms with E-state index in [0.717, 1.165) is 5.56 Å². The Morgan fingerprint density at radius 3 is 2.43 bits per heavy atom. The average molecular weight is 216 g/mol. The summed E-state index contributed by atoms with van der Waals surface area (Å²) in [7, 11) is 0. The quantitative estimate of drug-likeness (QED) is 0.743. The van der Waals surface area contributed by atoms with Gasteiger partial charge in [-0.2, -0.15) is 0 Å². The number of aliphatic carboxylic acids is 1. The summed E-state index contributed by atoms with van der Waals surface area (Å²) >= 11 is 0. The van der Waals surface area contributed by atoms with E-state index in [1.807, 2.05) is 0 Å². The summed E-state index contributed by atoms with van der Waals surface area (Å²) in [6, 6.07) is 6.95. The first-order valence-corrected chi connectivity index (χ1v) is 4.04. The molecule has 0 bridgehead atoms. The molecule has 0 aliphatic heterocycles. The molecule has 4 heteroatoms. The van der Waals surface area contributed by atoms with Gasteiger partial charge in [0.15, 0.2) is 0 Å². The van der Waals surface area contributed by atoms with Crippen molar-refractivity contribution in [1.82, 2.24) is 0 Å². The number of halogens is 1. The summed E-state index contributed by atoms with van der Waals surface area (Å²) in [6.45, 7) is 3.31. The molecular weight excluding hydrogens is 202 g/mol. The molecule has 0 aliphatic rings. The number of rotatable bonds is 2. The van der Waals surface area contributed by atoms with Gasteiger partial charge >= 0.3 is 5.97 Å². The lowest BCUT2D eigenvalue weighted by atomic mass is 9.85. The number of carbonyl (C=O) groups is 1. The van der Waals surface area contributed by atoms with Crippen molar-refractivity contribution in [2.45, 2.75) is 19.3 Å². The van der Waals surface area contributed by atoms with Gasteiger partial charge in [0.25, 0.3) is 0 Å². The maximum absolute atomic E-state index is 10.9. The molecule has 3 nitrogen and oxygen atoms in total. The maximum atomic E-state index is 10.9. The minimum atomic E-state index is -0.880. The van der Waals surface area contributed by atoms with Crippen LogP contribution in [0.25, 0.3) is 0 Å². The van der Waals surface area contributed by atoms with Crippen LogP contribution in [-0.2, 0) is 10.2 Å². The number of hydrogen-bond donors (Lipinski definition) is 2. The molecule has 0 radical (unpaired) electrons. The van der Waals surface area contributed by atoms with Crippen molar-refractivity contribution in [3.8, 4) is 0 Å². The molecule has 0 saturated carbocycles. The van der Waals surface area contributed by atoms with Crippen LogP contribution in [0.15, 0.2) is 24.3 Å². The molecular formula is C10H14ClNO2. The van der Waals surface area contributed by atoms with E-state index in [4.69, 9.17) is 10.8 Å². The highest BCUT2D eigenvalue weighted by atomic mass is 35.5. The zero-order valence-corrected chi connectivity index (χ0v) is 8.97. The molecule has 0 unspecified atom stereocenters. The van der Waals surface area contributed by atoms with Crippen molar-refractivity contribution in [3.05, 3.63) is 29.8 Å². The molecule has 1 aromatic rings. The molecule has 1 aromatic carbocycles. The average Bonchev–Trinajstić information content (AvgIpc) is 2.04. The third-order valence-electron chi connectivity index (χ3n) is 2.14. The molecule has 1 rings (SSSR count). The van der Waals surface area contributed by atoms with Crippen LogP contribution >= 0.6 is 12.4 Å². The summed E-state index contributed by atoms with van der Waals surface area (Å²) in [6.07, 6.45) is 0.